The quantitative estimate of drug-likeness (QED) is 0.860. The second-order valence-corrected chi connectivity index (χ2v) is 6.42. The Labute approximate surface area is 148 Å². The molecule has 3 nitrogen and oxygen atoms in total. The van der Waals surface area contributed by atoms with Crippen molar-refractivity contribution in [2.75, 3.05) is 26.2 Å². The molecule has 1 saturated heterocycles. The molecule has 0 unspecified atom stereocenters. The van der Waals surface area contributed by atoms with Gasteiger partial charge >= 0.3 is 0 Å². The topological polar surface area (TPSA) is 18.5 Å². The maximum absolute atomic E-state index is 13.3. The van der Waals surface area contributed by atoms with Crippen molar-refractivity contribution >= 4 is 17.3 Å². The largest absolute Gasteiger partial charge is 0.358 e. The molecule has 2 aromatic carbocycles. The van der Waals surface area contributed by atoms with Crippen molar-refractivity contribution in [3.8, 4) is 0 Å². The molecule has 1 heterocycles. The lowest BCUT2D eigenvalue weighted by Crippen LogP contribution is -2.51. The molecule has 24 heavy (non-hydrogen) atoms. The first-order valence-corrected chi connectivity index (χ1v) is 8.65. The summed E-state index contributed by atoms with van der Waals surface area (Å²) in [7, 11) is 0. The van der Waals surface area contributed by atoms with Crippen LogP contribution in [0.15, 0.2) is 54.6 Å². The van der Waals surface area contributed by atoms with E-state index in [1.165, 1.54) is 11.6 Å². The van der Waals surface area contributed by atoms with Crippen LogP contribution in [0.5, 0.6) is 0 Å². The molecule has 0 aliphatic carbocycles. The monoisotopic (exact) mass is 343 g/mol. The summed E-state index contributed by atoms with van der Waals surface area (Å²) in [4.78, 5) is 4.55. The smallest absolute Gasteiger partial charge is 0.169 e. The van der Waals surface area contributed by atoms with E-state index in [0.717, 1.165) is 49.9 Å². The summed E-state index contributed by atoms with van der Waals surface area (Å²) in [5.74, 6) is -0.169. The van der Waals surface area contributed by atoms with Gasteiger partial charge < -0.3 is 10.2 Å². The Bertz CT molecular complexity index is 669. The zero-order valence-electron chi connectivity index (χ0n) is 13.6. The number of hydrogen-bond acceptors (Lipinski definition) is 2. The molecule has 0 amide bonds. The minimum atomic E-state index is -0.169. The van der Waals surface area contributed by atoms with E-state index in [4.69, 9.17) is 12.2 Å². The Kier molecular flexibility index (Phi) is 5.77. The van der Waals surface area contributed by atoms with Crippen LogP contribution in [0.3, 0.4) is 0 Å². The average molecular weight is 343 g/mol. The molecule has 126 valence electrons. The minimum Gasteiger partial charge on any atom is -0.358 e. The zero-order chi connectivity index (χ0) is 16.8. The molecule has 1 fully saturated rings. The van der Waals surface area contributed by atoms with Crippen molar-refractivity contribution in [1.82, 2.24) is 15.1 Å². The standard InChI is InChI=1S/C19H22FN3S/c20-18-8-4-7-17(13-18)15-22-9-11-23(12-10-22)19(24)21-14-16-5-2-1-3-6-16/h1-8,13H,9-12,14-15H2,(H,21,24). The number of hydrogen-bond donors (Lipinski definition) is 1. The lowest BCUT2D eigenvalue weighted by Gasteiger charge is -2.36. The Morgan fingerprint density at radius 1 is 0.958 bits per heavy atom. The Balaban J connectivity index is 1.43. The van der Waals surface area contributed by atoms with Crippen molar-refractivity contribution in [1.29, 1.82) is 0 Å². The molecule has 0 atom stereocenters. The molecule has 1 N–H and O–H groups in total. The molecule has 0 bridgehead atoms. The molecule has 5 heteroatoms. The predicted octanol–water partition coefficient (Wildman–Crippen LogP) is 3.02. The van der Waals surface area contributed by atoms with Crippen LogP contribution in [0, 0.1) is 5.82 Å². The summed E-state index contributed by atoms with van der Waals surface area (Å²) in [5.41, 5.74) is 2.25. The fourth-order valence-corrected chi connectivity index (χ4v) is 3.14. The van der Waals surface area contributed by atoms with Gasteiger partial charge in [0, 0.05) is 39.3 Å². The van der Waals surface area contributed by atoms with E-state index in [0.29, 0.717) is 0 Å². The molecule has 0 radical (unpaired) electrons. The summed E-state index contributed by atoms with van der Waals surface area (Å²) in [6.07, 6.45) is 0. The number of nitrogens with one attached hydrogen (secondary N) is 1. The summed E-state index contributed by atoms with van der Waals surface area (Å²) >= 11 is 5.51. The van der Waals surface area contributed by atoms with Gasteiger partial charge in [-0.1, -0.05) is 42.5 Å². The number of rotatable bonds is 4. The molecular weight excluding hydrogens is 321 g/mol. The lowest BCUT2D eigenvalue weighted by molar-refractivity contribution is 0.174. The summed E-state index contributed by atoms with van der Waals surface area (Å²) in [6.45, 7) is 5.21. The Morgan fingerprint density at radius 3 is 2.38 bits per heavy atom. The number of piperazine rings is 1. The number of benzene rings is 2. The molecule has 0 spiro atoms. The SMILES string of the molecule is Fc1cccc(CN2CCN(C(=S)NCc3ccccc3)CC2)c1. The van der Waals surface area contributed by atoms with Crippen LogP contribution in [0.4, 0.5) is 4.39 Å². The number of halogens is 1. The van der Waals surface area contributed by atoms with E-state index in [2.05, 4.69) is 27.2 Å². The lowest BCUT2D eigenvalue weighted by atomic mass is 10.2. The summed E-state index contributed by atoms with van der Waals surface area (Å²) < 4.78 is 13.3. The predicted molar refractivity (Wildman–Crippen MR) is 99.1 cm³/mol. The van der Waals surface area contributed by atoms with Crippen molar-refractivity contribution in [3.63, 3.8) is 0 Å². The van der Waals surface area contributed by atoms with E-state index in [-0.39, 0.29) is 5.82 Å². The number of thiocarbonyl (C=S) groups is 1. The molecule has 0 aromatic heterocycles. The van der Waals surface area contributed by atoms with Crippen molar-refractivity contribution < 1.29 is 4.39 Å². The van der Waals surface area contributed by atoms with E-state index in [1.54, 1.807) is 12.1 Å². The first-order chi connectivity index (χ1) is 11.7. The summed E-state index contributed by atoms with van der Waals surface area (Å²) in [6, 6.07) is 17.1. The highest BCUT2D eigenvalue weighted by Gasteiger charge is 2.18. The second kappa shape index (κ2) is 8.22. The minimum absolute atomic E-state index is 0.169. The molecule has 1 aliphatic rings. The highest BCUT2D eigenvalue weighted by atomic mass is 32.1. The maximum atomic E-state index is 13.3. The van der Waals surface area contributed by atoms with E-state index in [1.807, 2.05) is 24.3 Å². The van der Waals surface area contributed by atoms with Gasteiger partial charge in [0.2, 0.25) is 0 Å². The van der Waals surface area contributed by atoms with Crippen LogP contribution in [0.2, 0.25) is 0 Å². The van der Waals surface area contributed by atoms with Gasteiger partial charge in [-0.25, -0.2) is 4.39 Å². The van der Waals surface area contributed by atoms with Gasteiger partial charge in [-0.05, 0) is 35.5 Å². The Hall–Kier alpha value is -1.98. The second-order valence-electron chi connectivity index (χ2n) is 6.04. The van der Waals surface area contributed by atoms with Gasteiger partial charge in [0.1, 0.15) is 5.82 Å². The van der Waals surface area contributed by atoms with Crippen LogP contribution < -0.4 is 5.32 Å². The fraction of sp³-hybridized carbons (Fsp3) is 0.316. The fourth-order valence-electron chi connectivity index (χ4n) is 2.89. The zero-order valence-corrected chi connectivity index (χ0v) is 14.4. The van der Waals surface area contributed by atoms with Crippen LogP contribution in [-0.4, -0.2) is 41.1 Å². The third kappa shape index (κ3) is 4.76. The third-order valence-corrected chi connectivity index (χ3v) is 4.64. The van der Waals surface area contributed by atoms with Crippen molar-refractivity contribution in [2.45, 2.75) is 13.1 Å². The first kappa shape index (κ1) is 16.9. The normalized spacial score (nSPS) is 15.3. The molecule has 2 aromatic rings. The van der Waals surface area contributed by atoms with Crippen LogP contribution in [0.25, 0.3) is 0 Å². The number of nitrogens with zero attached hydrogens (tertiary/aromatic N) is 2. The third-order valence-electron chi connectivity index (χ3n) is 4.24. The first-order valence-electron chi connectivity index (χ1n) is 8.24. The highest BCUT2D eigenvalue weighted by Crippen LogP contribution is 2.10. The molecule has 0 saturated carbocycles. The Morgan fingerprint density at radius 2 is 1.67 bits per heavy atom. The van der Waals surface area contributed by atoms with Gasteiger partial charge in [-0.15, -0.1) is 0 Å². The van der Waals surface area contributed by atoms with Gasteiger partial charge in [-0.2, -0.15) is 0 Å². The average Bonchev–Trinajstić information content (AvgIpc) is 2.61. The van der Waals surface area contributed by atoms with E-state index in [9.17, 15) is 4.39 Å². The van der Waals surface area contributed by atoms with E-state index < -0.39 is 0 Å². The van der Waals surface area contributed by atoms with Crippen LogP contribution in [-0.2, 0) is 13.1 Å². The molecular formula is C19H22FN3S. The molecule has 3 rings (SSSR count). The van der Waals surface area contributed by atoms with Crippen molar-refractivity contribution in [2.24, 2.45) is 0 Å². The maximum Gasteiger partial charge on any atom is 0.169 e. The van der Waals surface area contributed by atoms with Gasteiger partial charge in [0.15, 0.2) is 5.11 Å². The van der Waals surface area contributed by atoms with Crippen molar-refractivity contribution in [3.05, 3.63) is 71.5 Å². The van der Waals surface area contributed by atoms with Gasteiger partial charge in [0.25, 0.3) is 0 Å². The van der Waals surface area contributed by atoms with E-state index >= 15 is 0 Å². The van der Waals surface area contributed by atoms with Gasteiger partial charge in [0.05, 0.1) is 0 Å². The highest BCUT2D eigenvalue weighted by molar-refractivity contribution is 7.80. The van der Waals surface area contributed by atoms with Gasteiger partial charge in [-0.3, -0.25) is 4.90 Å². The van der Waals surface area contributed by atoms with Crippen LogP contribution in [0.1, 0.15) is 11.1 Å². The summed E-state index contributed by atoms with van der Waals surface area (Å²) in [5, 5.41) is 4.14. The molecule has 1 aliphatic heterocycles. The van der Waals surface area contributed by atoms with Crippen LogP contribution >= 0.6 is 12.2 Å².